The molecular formula is C15H18O4. The van der Waals surface area contributed by atoms with Gasteiger partial charge in [-0.2, -0.15) is 0 Å². The third-order valence-electron chi connectivity index (χ3n) is 2.97. The van der Waals surface area contributed by atoms with Crippen LogP contribution in [-0.2, 0) is 32.2 Å². The van der Waals surface area contributed by atoms with Gasteiger partial charge in [0.05, 0.1) is 25.0 Å². The first-order valence-corrected chi connectivity index (χ1v) is 6.34. The number of carbonyl (C=O) groups is 1. The number of esters is 1. The van der Waals surface area contributed by atoms with Gasteiger partial charge in [0, 0.05) is 7.11 Å². The minimum atomic E-state index is -0.299. The monoisotopic (exact) mass is 262 g/mol. The lowest BCUT2D eigenvalue weighted by Gasteiger charge is -2.14. The Morgan fingerprint density at radius 2 is 2.00 bits per heavy atom. The van der Waals surface area contributed by atoms with Gasteiger partial charge >= 0.3 is 5.97 Å². The van der Waals surface area contributed by atoms with Crippen molar-refractivity contribution in [3.8, 4) is 0 Å². The summed E-state index contributed by atoms with van der Waals surface area (Å²) in [5, 5.41) is 0. The predicted octanol–water partition coefficient (Wildman–Crippen LogP) is 2.57. The molecule has 0 aromatic heterocycles. The van der Waals surface area contributed by atoms with Crippen molar-refractivity contribution in [1.29, 1.82) is 0 Å². The number of hydrogen-bond donors (Lipinski definition) is 0. The van der Waals surface area contributed by atoms with Gasteiger partial charge in [-0.1, -0.05) is 24.3 Å². The molecule has 0 bridgehead atoms. The van der Waals surface area contributed by atoms with Crippen molar-refractivity contribution >= 4 is 5.97 Å². The quantitative estimate of drug-likeness (QED) is 0.765. The number of ether oxygens (including phenoxy) is 3. The highest BCUT2D eigenvalue weighted by molar-refractivity contribution is 5.88. The maximum atomic E-state index is 11.8. The average Bonchev–Trinajstić information content (AvgIpc) is 2.47. The summed E-state index contributed by atoms with van der Waals surface area (Å²) in [5.74, 6) is -0.299. The highest BCUT2D eigenvalue weighted by atomic mass is 16.5. The van der Waals surface area contributed by atoms with Crippen molar-refractivity contribution in [1.82, 2.24) is 0 Å². The Labute approximate surface area is 113 Å². The maximum Gasteiger partial charge on any atom is 0.337 e. The van der Waals surface area contributed by atoms with Crippen molar-refractivity contribution in [3.05, 3.63) is 47.2 Å². The molecule has 0 saturated carbocycles. The average molecular weight is 262 g/mol. The van der Waals surface area contributed by atoms with Crippen molar-refractivity contribution in [2.75, 3.05) is 13.7 Å². The van der Waals surface area contributed by atoms with E-state index in [2.05, 4.69) is 0 Å². The molecule has 19 heavy (non-hydrogen) atoms. The van der Waals surface area contributed by atoms with Crippen LogP contribution in [0.2, 0.25) is 0 Å². The summed E-state index contributed by atoms with van der Waals surface area (Å²) < 4.78 is 15.6. The van der Waals surface area contributed by atoms with Gasteiger partial charge in [0.15, 0.2) is 0 Å². The Balaban J connectivity index is 1.94. The Morgan fingerprint density at radius 3 is 2.63 bits per heavy atom. The van der Waals surface area contributed by atoms with Crippen LogP contribution in [0.4, 0.5) is 0 Å². The van der Waals surface area contributed by atoms with E-state index in [4.69, 9.17) is 14.2 Å². The standard InChI is InChI=1S/C15H18O4/c1-17-9-12-5-2-3-6-13(12)11-19-15(16)14-7-4-8-18-10-14/h2-3,5-6,10H,4,7-9,11H2,1H3. The fraction of sp³-hybridized carbons (Fsp3) is 0.400. The molecule has 102 valence electrons. The van der Waals surface area contributed by atoms with Crippen LogP contribution in [0.25, 0.3) is 0 Å². The predicted molar refractivity (Wildman–Crippen MR) is 70.2 cm³/mol. The van der Waals surface area contributed by atoms with E-state index in [-0.39, 0.29) is 12.6 Å². The van der Waals surface area contributed by atoms with Crippen molar-refractivity contribution in [2.24, 2.45) is 0 Å². The molecule has 2 rings (SSSR count). The molecule has 1 aromatic carbocycles. The van der Waals surface area contributed by atoms with E-state index >= 15 is 0 Å². The maximum absolute atomic E-state index is 11.8. The lowest BCUT2D eigenvalue weighted by atomic mass is 10.1. The molecule has 0 aliphatic carbocycles. The molecule has 0 N–H and O–H groups in total. The van der Waals surface area contributed by atoms with Gasteiger partial charge in [0.25, 0.3) is 0 Å². The summed E-state index contributed by atoms with van der Waals surface area (Å²) >= 11 is 0. The zero-order chi connectivity index (χ0) is 13.5. The zero-order valence-corrected chi connectivity index (χ0v) is 11.1. The van der Waals surface area contributed by atoms with E-state index in [0.29, 0.717) is 18.8 Å². The fourth-order valence-corrected chi connectivity index (χ4v) is 1.95. The normalized spacial score (nSPS) is 14.5. The van der Waals surface area contributed by atoms with E-state index < -0.39 is 0 Å². The molecule has 4 heteroatoms. The van der Waals surface area contributed by atoms with Gasteiger partial charge in [0.1, 0.15) is 6.61 Å². The number of rotatable bonds is 5. The third-order valence-corrected chi connectivity index (χ3v) is 2.97. The Morgan fingerprint density at radius 1 is 1.26 bits per heavy atom. The van der Waals surface area contributed by atoms with Crippen molar-refractivity contribution in [3.63, 3.8) is 0 Å². The van der Waals surface area contributed by atoms with Crippen molar-refractivity contribution in [2.45, 2.75) is 26.1 Å². The first-order valence-electron chi connectivity index (χ1n) is 6.34. The lowest BCUT2D eigenvalue weighted by molar-refractivity contribution is -0.140. The van der Waals surface area contributed by atoms with Crippen LogP contribution in [0, 0.1) is 0 Å². The molecule has 0 fully saturated rings. The van der Waals surface area contributed by atoms with Crippen LogP contribution >= 0.6 is 0 Å². The fourth-order valence-electron chi connectivity index (χ4n) is 1.95. The van der Waals surface area contributed by atoms with Gasteiger partial charge in [0.2, 0.25) is 0 Å². The summed E-state index contributed by atoms with van der Waals surface area (Å²) in [6.45, 7) is 1.45. The van der Waals surface area contributed by atoms with Crippen LogP contribution in [0.3, 0.4) is 0 Å². The number of hydrogen-bond acceptors (Lipinski definition) is 4. The largest absolute Gasteiger partial charge is 0.501 e. The molecule has 0 unspecified atom stereocenters. The van der Waals surface area contributed by atoms with E-state index in [0.717, 1.165) is 24.0 Å². The molecule has 1 aromatic rings. The number of methoxy groups -OCH3 is 1. The van der Waals surface area contributed by atoms with Crippen molar-refractivity contribution < 1.29 is 19.0 Å². The highest BCUT2D eigenvalue weighted by Gasteiger charge is 2.15. The second-order valence-corrected chi connectivity index (χ2v) is 4.40. The Hall–Kier alpha value is -1.81. The summed E-state index contributed by atoms with van der Waals surface area (Å²) in [5.41, 5.74) is 2.61. The summed E-state index contributed by atoms with van der Waals surface area (Å²) in [6.07, 6.45) is 3.09. The van der Waals surface area contributed by atoms with E-state index in [1.165, 1.54) is 6.26 Å². The second-order valence-electron chi connectivity index (χ2n) is 4.40. The SMILES string of the molecule is COCc1ccccc1COC(=O)C1=COCCC1. The highest BCUT2D eigenvalue weighted by Crippen LogP contribution is 2.16. The van der Waals surface area contributed by atoms with E-state index in [1.807, 2.05) is 24.3 Å². The molecule has 1 heterocycles. The molecule has 0 atom stereocenters. The smallest absolute Gasteiger partial charge is 0.337 e. The zero-order valence-electron chi connectivity index (χ0n) is 11.1. The van der Waals surface area contributed by atoms with Crippen LogP contribution in [0.1, 0.15) is 24.0 Å². The van der Waals surface area contributed by atoms with Gasteiger partial charge < -0.3 is 14.2 Å². The second kappa shape index (κ2) is 6.95. The topological polar surface area (TPSA) is 44.8 Å². The third kappa shape index (κ3) is 3.83. The van der Waals surface area contributed by atoms with Gasteiger partial charge in [-0.15, -0.1) is 0 Å². The Bertz CT molecular complexity index is 465. The molecule has 0 amide bonds. The molecule has 0 spiro atoms. The molecule has 0 saturated heterocycles. The van der Waals surface area contributed by atoms with Crippen LogP contribution in [0.5, 0.6) is 0 Å². The molecule has 1 aliphatic rings. The molecular weight excluding hydrogens is 244 g/mol. The van der Waals surface area contributed by atoms with Gasteiger partial charge in [-0.3, -0.25) is 0 Å². The Kier molecular flexibility index (Phi) is 4.98. The van der Waals surface area contributed by atoms with Crippen LogP contribution in [-0.4, -0.2) is 19.7 Å². The summed E-state index contributed by atoms with van der Waals surface area (Å²) in [7, 11) is 1.65. The molecule has 1 aliphatic heterocycles. The molecule has 4 nitrogen and oxygen atoms in total. The molecule has 0 radical (unpaired) electrons. The summed E-state index contributed by atoms with van der Waals surface area (Å²) in [4.78, 5) is 11.8. The van der Waals surface area contributed by atoms with Gasteiger partial charge in [-0.25, -0.2) is 4.79 Å². The minimum absolute atomic E-state index is 0.260. The number of carbonyl (C=O) groups excluding carboxylic acids is 1. The lowest BCUT2D eigenvalue weighted by Crippen LogP contribution is -2.12. The van der Waals surface area contributed by atoms with Crippen LogP contribution < -0.4 is 0 Å². The first-order chi connectivity index (χ1) is 9.31. The van der Waals surface area contributed by atoms with E-state index in [1.54, 1.807) is 7.11 Å². The first kappa shape index (κ1) is 13.6. The number of benzene rings is 1. The van der Waals surface area contributed by atoms with E-state index in [9.17, 15) is 4.79 Å². The van der Waals surface area contributed by atoms with Crippen LogP contribution in [0.15, 0.2) is 36.1 Å². The minimum Gasteiger partial charge on any atom is -0.501 e. The van der Waals surface area contributed by atoms with Gasteiger partial charge in [-0.05, 0) is 24.0 Å². The summed E-state index contributed by atoms with van der Waals surface area (Å²) in [6, 6.07) is 7.77.